The van der Waals surface area contributed by atoms with Crippen molar-refractivity contribution in [3.8, 4) is 6.07 Å². The fourth-order valence-corrected chi connectivity index (χ4v) is 0. The Balaban J connectivity index is -0.0000000575. The predicted octanol–water partition coefficient (Wildman–Crippen LogP) is 1.12. The molecule has 0 spiro atoms. The zero-order chi connectivity index (χ0) is 6.28. The maximum Gasteiger partial charge on any atom is 0.126 e. The van der Waals surface area contributed by atoms with Crippen molar-refractivity contribution >= 4 is 5.78 Å². The van der Waals surface area contributed by atoms with E-state index in [4.69, 9.17) is 5.26 Å². The van der Waals surface area contributed by atoms with Gasteiger partial charge in [-0.15, -0.1) is 0 Å². The number of ketones is 1. The van der Waals surface area contributed by atoms with Crippen LogP contribution >= 0.6 is 0 Å². The summed E-state index contributed by atoms with van der Waals surface area (Å²) in [5.41, 5.74) is 0. The second-order valence-electron chi connectivity index (χ2n) is 1.13. The van der Waals surface area contributed by atoms with Crippen LogP contribution in [0, 0.1) is 11.3 Å². The Bertz CT molecular complexity index is 80.9. The van der Waals surface area contributed by atoms with Gasteiger partial charge < -0.3 is 4.79 Å². The molecule has 0 aliphatic carbocycles. The van der Waals surface area contributed by atoms with Crippen LogP contribution in [0.4, 0.5) is 0 Å². The third-order valence-electron chi connectivity index (χ3n) is 0. The summed E-state index contributed by atoms with van der Waals surface area (Å²) in [6.07, 6.45) is 0. The number of hydrogen-bond donors (Lipinski definition) is 0. The molecule has 0 fully saturated rings. The summed E-state index contributed by atoms with van der Waals surface area (Å²) in [5, 5.41) is 7.32. The molecule has 0 aromatic rings. The van der Waals surface area contributed by atoms with Gasteiger partial charge in [-0.1, -0.05) is 0 Å². The van der Waals surface area contributed by atoms with E-state index in [1.807, 2.05) is 0 Å². The molecule has 0 aliphatic rings. The zero-order valence-corrected chi connectivity index (χ0v) is 7.44. The number of carbonyl (C=O) groups is 1. The molecule has 0 unspecified atom stereocenters. The second kappa shape index (κ2) is 15.8. The molecule has 0 amide bonds. The third kappa shape index (κ3) is 5970. The van der Waals surface area contributed by atoms with Crippen molar-refractivity contribution < 1.29 is 25.9 Å². The molecular formula is C5H9NOPt. The van der Waals surface area contributed by atoms with Crippen molar-refractivity contribution in [1.29, 1.82) is 5.26 Å². The molecule has 3 heteroatoms. The normalized spacial score (nSPS) is 4.25. The van der Waals surface area contributed by atoms with Gasteiger partial charge in [0.2, 0.25) is 0 Å². The first kappa shape index (κ1) is 15.7. The van der Waals surface area contributed by atoms with Crippen LogP contribution in [0.2, 0.25) is 0 Å². The third-order valence-corrected chi connectivity index (χ3v) is 0. The van der Waals surface area contributed by atoms with Crippen LogP contribution < -0.4 is 0 Å². The summed E-state index contributed by atoms with van der Waals surface area (Å²) in [6, 6.07) is 1.75. The van der Waals surface area contributed by atoms with E-state index in [9.17, 15) is 4.79 Å². The van der Waals surface area contributed by atoms with Crippen LogP contribution in [-0.4, -0.2) is 5.78 Å². The minimum Gasteiger partial charge on any atom is -0.300 e. The SMILES string of the molecule is CC#N.CC(C)=O.[Pt]. The molecule has 0 aromatic carbocycles. The summed E-state index contributed by atoms with van der Waals surface area (Å²) in [7, 11) is 0. The van der Waals surface area contributed by atoms with E-state index in [1.54, 1.807) is 6.07 Å². The van der Waals surface area contributed by atoms with Gasteiger partial charge in [0.05, 0.1) is 6.07 Å². The first-order valence-electron chi connectivity index (χ1n) is 1.93. The van der Waals surface area contributed by atoms with Gasteiger partial charge in [-0.25, -0.2) is 0 Å². The van der Waals surface area contributed by atoms with Gasteiger partial charge in [0.15, 0.2) is 0 Å². The van der Waals surface area contributed by atoms with Crippen molar-refractivity contribution in [2.75, 3.05) is 0 Å². The number of nitriles is 1. The van der Waals surface area contributed by atoms with Crippen LogP contribution in [0.3, 0.4) is 0 Å². The molecule has 8 heavy (non-hydrogen) atoms. The first-order chi connectivity index (χ1) is 3.15. The molecule has 0 atom stereocenters. The Hall–Kier alpha value is -0.152. The molecule has 0 bridgehead atoms. The van der Waals surface area contributed by atoms with E-state index in [-0.39, 0.29) is 26.8 Å². The van der Waals surface area contributed by atoms with Gasteiger partial charge in [0.25, 0.3) is 0 Å². The molecule has 0 radical (unpaired) electrons. The smallest absolute Gasteiger partial charge is 0.126 e. The molecule has 0 saturated heterocycles. The van der Waals surface area contributed by atoms with Gasteiger partial charge in [-0.2, -0.15) is 5.26 Å². The summed E-state index contributed by atoms with van der Waals surface area (Å²) in [6.45, 7) is 4.49. The standard InChI is InChI=1S/C3H6O.C2H3N.Pt/c1-3(2)4;1-2-3;/h1-2H3;1H3;. The molecular weight excluding hydrogens is 285 g/mol. The summed E-state index contributed by atoms with van der Waals surface area (Å²) < 4.78 is 0. The van der Waals surface area contributed by atoms with Gasteiger partial charge in [-0.3, -0.25) is 0 Å². The van der Waals surface area contributed by atoms with Crippen molar-refractivity contribution in [1.82, 2.24) is 0 Å². The minimum absolute atomic E-state index is 0. The molecule has 0 aliphatic heterocycles. The first-order valence-corrected chi connectivity index (χ1v) is 1.93. The van der Waals surface area contributed by atoms with Crippen LogP contribution in [0.25, 0.3) is 0 Å². The van der Waals surface area contributed by atoms with Crippen LogP contribution in [0.1, 0.15) is 20.8 Å². The van der Waals surface area contributed by atoms with E-state index < -0.39 is 0 Å². The quantitative estimate of drug-likeness (QED) is 0.672. The monoisotopic (exact) mass is 294 g/mol. The molecule has 0 aromatic heterocycles. The van der Waals surface area contributed by atoms with Gasteiger partial charge >= 0.3 is 0 Å². The van der Waals surface area contributed by atoms with E-state index >= 15 is 0 Å². The Kier molecular flexibility index (Phi) is 31.0. The van der Waals surface area contributed by atoms with Crippen molar-refractivity contribution in [3.05, 3.63) is 0 Å². The Morgan fingerprint density at radius 1 is 1.50 bits per heavy atom. The number of hydrogen-bond acceptors (Lipinski definition) is 2. The summed E-state index contributed by atoms with van der Waals surface area (Å²) >= 11 is 0. The maximum absolute atomic E-state index is 9.44. The Morgan fingerprint density at radius 2 is 1.50 bits per heavy atom. The molecule has 0 heterocycles. The van der Waals surface area contributed by atoms with Crippen LogP contribution in [0.15, 0.2) is 0 Å². The fraction of sp³-hybridized carbons (Fsp3) is 0.600. The van der Waals surface area contributed by atoms with E-state index in [2.05, 4.69) is 0 Å². The Morgan fingerprint density at radius 3 is 1.50 bits per heavy atom. The van der Waals surface area contributed by atoms with Crippen molar-refractivity contribution in [3.63, 3.8) is 0 Å². The minimum atomic E-state index is 0. The average Bonchev–Trinajstić information content (AvgIpc) is 1.33. The number of nitrogens with zero attached hydrogens (tertiary/aromatic N) is 1. The topological polar surface area (TPSA) is 40.9 Å². The van der Waals surface area contributed by atoms with Crippen LogP contribution in [-0.2, 0) is 25.9 Å². The molecule has 50 valence electrons. The van der Waals surface area contributed by atoms with Crippen LogP contribution in [0.5, 0.6) is 0 Å². The summed E-state index contributed by atoms with van der Waals surface area (Å²) in [4.78, 5) is 9.44. The number of Topliss-reactive ketones (excluding diaryl/α,β-unsaturated/α-hetero) is 1. The maximum atomic E-state index is 9.44. The molecule has 2 nitrogen and oxygen atoms in total. The van der Waals surface area contributed by atoms with Gasteiger partial charge in [0, 0.05) is 28.0 Å². The van der Waals surface area contributed by atoms with Crippen molar-refractivity contribution in [2.24, 2.45) is 0 Å². The average molecular weight is 294 g/mol. The summed E-state index contributed by atoms with van der Waals surface area (Å²) in [5.74, 6) is 0.167. The largest absolute Gasteiger partial charge is 0.300 e. The number of rotatable bonds is 0. The zero-order valence-electron chi connectivity index (χ0n) is 5.17. The van der Waals surface area contributed by atoms with E-state index in [0.29, 0.717) is 0 Å². The molecule has 0 saturated carbocycles. The van der Waals surface area contributed by atoms with E-state index in [1.165, 1.54) is 20.8 Å². The van der Waals surface area contributed by atoms with Gasteiger partial charge in [0.1, 0.15) is 5.78 Å². The predicted molar refractivity (Wildman–Crippen MR) is 27.6 cm³/mol. The van der Waals surface area contributed by atoms with Gasteiger partial charge in [-0.05, 0) is 13.8 Å². The van der Waals surface area contributed by atoms with Crippen molar-refractivity contribution in [2.45, 2.75) is 20.8 Å². The second-order valence-corrected chi connectivity index (χ2v) is 1.13. The van der Waals surface area contributed by atoms with E-state index in [0.717, 1.165) is 0 Å². The number of carbonyl (C=O) groups excluding carboxylic acids is 1. The molecule has 0 rings (SSSR count). The molecule has 0 N–H and O–H groups in total. The fourth-order valence-electron chi connectivity index (χ4n) is 0. The Labute approximate surface area is 64.1 Å².